The Hall–Kier alpha value is -1.85. The standard InChI is InChI=1S/C16H22ClN5/c1-12-5-6-13(17)11-14(12)20-15-7-9-19-16(21-15)18-8-4-10-22(2)3/h5-7,9,11H,4,8,10H2,1-3H3,(H2,18,19,20,21). The molecule has 0 fully saturated rings. The third-order valence-corrected chi connectivity index (χ3v) is 3.42. The minimum absolute atomic E-state index is 0.628. The van der Waals surface area contributed by atoms with Gasteiger partial charge in [0, 0.05) is 23.5 Å². The molecule has 118 valence electrons. The van der Waals surface area contributed by atoms with Gasteiger partial charge in [-0.2, -0.15) is 4.98 Å². The summed E-state index contributed by atoms with van der Waals surface area (Å²) in [5, 5.41) is 7.21. The highest BCUT2D eigenvalue weighted by atomic mass is 35.5. The van der Waals surface area contributed by atoms with E-state index >= 15 is 0 Å². The number of hydrogen-bond donors (Lipinski definition) is 2. The van der Waals surface area contributed by atoms with E-state index < -0.39 is 0 Å². The molecule has 0 unspecified atom stereocenters. The van der Waals surface area contributed by atoms with Crippen LogP contribution in [0.15, 0.2) is 30.5 Å². The van der Waals surface area contributed by atoms with Crippen LogP contribution in [0.5, 0.6) is 0 Å². The summed E-state index contributed by atoms with van der Waals surface area (Å²) in [5.41, 5.74) is 2.06. The SMILES string of the molecule is Cc1ccc(Cl)cc1Nc1ccnc(NCCCN(C)C)n1. The maximum absolute atomic E-state index is 6.04. The molecule has 0 aliphatic rings. The molecule has 0 radical (unpaired) electrons. The fourth-order valence-corrected chi connectivity index (χ4v) is 2.15. The summed E-state index contributed by atoms with van der Waals surface area (Å²) in [7, 11) is 4.13. The van der Waals surface area contributed by atoms with Crippen LogP contribution in [-0.2, 0) is 0 Å². The van der Waals surface area contributed by atoms with E-state index in [0.29, 0.717) is 11.0 Å². The highest BCUT2D eigenvalue weighted by Gasteiger charge is 2.03. The predicted octanol–water partition coefficient (Wildman–Crippen LogP) is 3.55. The van der Waals surface area contributed by atoms with Crippen molar-refractivity contribution in [3.63, 3.8) is 0 Å². The van der Waals surface area contributed by atoms with Crippen molar-refractivity contribution < 1.29 is 0 Å². The van der Waals surface area contributed by atoms with Crippen molar-refractivity contribution in [1.82, 2.24) is 14.9 Å². The van der Waals surface area contributed by atoms with Crippen LogP contribution in [0.25, 0.3) is 0 Å². The van der Waals surface area contributed by atoms with Crippen molar-refractivity contribution in [3.8, 4) is 0 Å². The van der Waals surface area contributed by atoms with Gasteiger partial charge >= 0.3 is 0 Å². The molecule has 6 heteroatoms. The molecule has 0 amide bonds. The van der Waals surface area contributed by atoms with Crippen molar-refractivity contribution in [2.45, 2.75) is 13.3 Å². The van der Waals surface area contributed by atoms with E-state index in [1.165, 1.54) is 0 Å². The molecule has 1 aromatic heterocycles. The van der Waals surface area contributed by atoms with E-state index in [9.17, 15) is 0 Å². The van der Waals surface area contributed by atoms with Crippen LogP contribution in [-0.4, -0.2) is 42.1 Å². The topological polar surface area (TPSA) is 53.1 Å². The zero-order valence-corrected chi connectivity index (χ0v) is 14.0. The molecule has 0 bridgehead atoms. The van der Waals surface area contributed by atoms with Gasteiger partial charge in [-0.3, -0.25) is 0 Å². The zero-order valence-electron chi connectivity index (χ0n) is 13.2. The molecule has 2 aromatic rings. The van der Waals surface area contributed by atoms with E-state index in [2.05, 4.69) is 39.6 Å². The lowest BCUT2D eigenvalue weighted by Crippen LogP contribution is -2.17. The number of nitrogens with one attached hydrogen (secondary N) is 2. The highest BCUT2D eigenvalue weighted by Crippen LogP contribution is 2.23. The summed E-state index contributed by atoms with van der Waals surface area (Å²) in [6.07, 6.45) is 2.78. The van der Waals surface area contributed by atoms with Crippen molar-refractivity contribution in [3.05, 3.63) is 41.0 Å². The van der Waals surface area contributed by atoms with E-state index in [-0.39, 0.29) is 0 Å². The second-order valence-corrected chi connectivity index (χ2v) is 5.87. The Morgan fingerprint density at radius 3 is 2.82 bits per heavy atom. The first-order chi connectivity index (χ1) is 10.5. The minimum Gasteiger partial charge on any atom is -0.354 e. The summed E-state index contributed by atoms with van der Waals surface area (Å²) in [6, 6.07) is 7.58. The summed E-state index contributed by atoms with van der Waals surface area (Å²) < 4.78 is 0. The minimum atomic E-state index is 0.628. The Balaban J connectivity index is 1.97. The highest BCUT2D eigenvalue weighted by molar-refractivity contribution is 6.30. The van der Waals surface area contributed by atoms with Crippen LogP contribution in [0, 0.1) is 6.92 Å². The van der Waals surface area contributed by atoms with Gasteiger partial charge in [-0.1, -0.05) is 17.7 Å². The summed E-state index contributed by atoms with van der Waals surface area (Å²) in [4.78, 5) is 10.9. The van der Waals surface area contributed by atoms with Crippen molar-refractivity contribution in [2.75, 3.05) is 37.8 Å². The number of anilines is 3. The first-order valence-corrected chi connectivity index (χ1v) is 7.67. The van der Waals surface area contributed by atoms with Crippen LogP contribution in [0.3, 0.4) is 0 Å². The molecule has 0 atom stereocenters. The number of halogens is 1. The molecule has 0 aliphatic heterocycles. The Morgan fingerprint density at radius 2 is 2.05 bits per heavy atom. The fourth-order valence-electron chi connectivity index (χ4n) is 1.98. The molecule has 0 saturated carbocycles. The van der Waals surface area contributed by atoms with Crippen LogP contribution in [0.1, 0.15) is 12.0 Å². The first-order valence-electron chi connectivity index (χ1n) is 7.29. The van der Waals surface area contributed by atoms with Gasteiger partial charge in [0.15, 0.2) is 0 Å². The molecular formula is C16H22ClN5. The number of rotatable bonds is 7. The third-order valence-electron chi connectivity index (χ3n) is 3.18. The number of benzene rings is 1. The van der Waals surface area contributed by atoms with E-state index in [1.807, 2.05) is 31.2 Å². The smallest absolute Gasteiger partial charge is 0.224 e. The number of aromatic nitrogens is 2. The van der Waals surface area contributed by atoms with E-state index in [0.717, 1.165) is 36.6 Å². The molecule has 1 heterocycles. The molecule has 0 spiro atoms. The number of aryl methyl sites for hydroxylation is 1. The first kappa shape index (κ1) is 16.5. The van der Waals surface area contributed by atoms with Crippen LogP contribution in [0.2, 0.25) is 5.02 Å². The molecule has 2 rings (SSSR count). The normalized spacial score (nSPS) is 10.8. The lowest BCUT2D eigenvalue weighted by atomic mass is 10.2. The Bertz CT molecular complexity index is 615. The van der Waals surface area contributed by atoms with Crippen molar-refractivity contribution >= 4 is 29.1 Å². The zero-order chi connectivity index (χ0) is 15.9. The van der Waals surface area contributed by atoms with Gasteiger partial charge in [-0.05, 0) is 57.7 Å². The lowest BCUT2D eigenvalue weighted by Gasteiger charge is -2.12. The van der Waals surface area contributed by atoms with Gasteiger partial charge in [-0.15, -0.1) is 0 Å². The summed E-state index contributed by atoms with van der Waals surface area (Å²) in [6.45, 7) is 3.91. The average molecular weight is 320 g/mol. The Labute approximate surface area is 136 Å². The predicted molar refractivity (Wildman–Crippen MR) is 93.2 cm³/mol. The number of nitrogens with zero attached hydrogens (tertiary/aromatic N) is 3. The fraction of sp³-hybridized carbons (Fsp3) is 0.375. The van der Waals surface area contributed by atoms with Gasteiger partial charge in [0.25, 0.3) is 0 Å². The quantitative estimate of drug-likeness (QED) is 0.764. The molecule has 0 saturated heterocycles. The van der Waals surface area contributed by atoms with Crippen LogP contribution in [0.4, 0.5) is 17.5 Å². The van der Waals surface area contributed by atoms with Gasteiger partial charge in [0.2, 0.25) is 5.95 Å². The Morgan fingerprint density at radius 1 is 1.23 bits per heavy atom. The van der Waals surface area contributed by atoms with Gasteiger partial charge in [0.05, 0.1) is 0 Å². The monoisotopic (exact) mass is 319 g/mol. The molecular weight excluding hydrogens is 298 g/mol. The summed E-state index contributed by atoms with van der Waals surface area (Å²) >= 11 is 6.04. The van der Waals surface area contributed by atoms with E-state index in [4.69, 9.17) is 11.6 Å². The second-order valence-electron chi connectivity index (χ2n) is 5.43. The molecule has 22 heavy (non-hydrogen) atoms. The van der Waals surface area contributed by atoms with Gasteiger partial charge < -0.3 is 15.5 Å². The average Bonchev–Trinajstić information content (AvgIpc) is 2.48. The largest absolute Gasteiger partial charge is 0.354 e. The molecule has 0 aliphatic carbocycles. The molecule has 1 aromatic carbocycles. The van der Waals surface area contributed by atoms with Crippen LogP contribution < -0.4 is 10.6 Å². The molecule has 5 nitrogen and oxygen atoms in total. The maximum Gasteiger partial charge on any atom is 0.224 e. The van der Waals surface area contributed by atoms with Gasteiger partial charge in [-0.25, -0.2) is 4.98 Å². The summed E-state index contributed by atoms with van der Waals surface area (Å²) in [5.74, 6) is 1.37. The third kappa shape index (κ3) is 5.16. The van der Waals surface area contributed by atoms with Crippen LogP contribution >= 0.6 is 11.6 Å². The molecule has 2 N–H and O–H groups in total. The van der Waals surface area contributed by atoms with Crippen molar-refractivity contribution in [1.29, 1.82) is 0 Å². The van der Waals surface area contributed by atoms with E-state index in [1.54, 1.807) is 6.20 Å². The number of hydrogen-bond acceptors (Lipinski definition) is 5. The van der Waals surface area contributed by atoms with Crippen molar-refractivity contribution in [2.24, 2.45) is 0 Å². The van der Waals surface area contributed by atoms with Gasteiger partial charge in [0.1, 0.15) is 5.82 Å². The lowest BCUT2D eigenvalue weighted by molar-refractivity contribution is 0.405. The maximum atomic E-state index is 6.04. The second kappa shape index (κ2) is 7.96. The Kier molecular flexibility index (Phi) is 5.98.